The summed E-state index contributed by atoms with van der Waals surface area (Å²) in [5.41, 5.74) is 0.789. The average Bonchev–Trinajstić information content (AvgIpc) is 2.70. The first kappa shape index (κ1) is 18.5. The van der Waals surface area contributed by atoms with Crippen LogP contribution in [0, 0.1) is 10.1 Å². The quantitative estimate of drug-likeness (QED) is 0.494. The number of non-ortho nitro benzene ring substituents is 1. The number of nitro groups is 1. The minimum absolute atomic E-state index is 0.0386. The van der Waals surface area contributed by atoms with Gasteiger partial charge in [0.25, 0.3) is 11.2 Å². The summed E-state index contributed by atoms with van der Waals surface area (Å²) in [4.78, 5) is 30.6. The van der Waals surface area contributed by atoms with E-state index in [0.29, 0.717) is 47.2 Å². The van der Waals surface area contributed by atoms with Gasteiger partial charge in [0.15, 0.2) is 0 Å². The van der Waals surface area contributed by atoms with Crippen molar-refractivity contribution in [3.8, 4) is 5.69 Å². The zero-order chi connectivity index (χ0) is 19.7. The molecule has 8 nitrogen and oxygen atoms in total. The molecule has 9 heteroatoms. The summed E-state index contributed by atoms with van der Waals surface area (Å²) in [5.74, 6) is 0.565. The number of halogens is 1. The molecule has 0 saturated carbocycles. The molecule has 0 atom stereocenters. The van der Waals surface area contributed by atoms with Gasteiger partial charge in [0.05, 0.1) is 41.3 Å². The molecule has 1 aromatic heterocycles. The lowest BCUT2D eigenvalue weighted by Gasteiger charge is -2.27. The van der Waals surface area contributed by atoms with Crippen molar-refractivity contribution < 1.29 is 9.66 Å². The van der Waals surface area contributed by atoms with Crippen LogP contribution in [0.5, 0.6) is 0 Å². The molecule has 0 radical (unpaired) electrons. The Kier molecular flexibility index (Phi) is 5.08. The highest BCUT2D eigenvalue weighted by atomic mass is 35.5. The topological polar surface area (TPSA) is 90.5 Å². The molecule has 3 aromatic rings. The van der Waals surface area contributed by atoms with Gasteiger partial charge in [0, 0.05) is 30.2 Å². The van der Waals surface area contributed by atoms with Crippen LogP contribution in [0.4, 0.5) is 5.69 Å². The second-order valence-corrected chi connectivity index (χ2v) is 6.93. The van der Waals surface area contributed by atoms with Crippen LogP contribution in [0.1, 0.15) is 5.82 Å². The number of fused-ring (bicyclic) bond motifs is 1. The van der Waals surface area contributed by atoms with E-state index in [1.54, 1.807) is 30.3 Å². The van der Waals surface area contributed by atoms with E-state index in [-0.39, 0.29) is 11.2 Å². The van der Waals surface area contributed by atoms with E-state index in [1.807, 2.05) is 0 Å². The molecular formula is C19H17ClN4O4. The molecule has 1 saturated heterocycles. The number of hydrogen-bond acceptors (Lipinski definition) is 6. The monoisotopic (exact) mass is 400 g/mol. The van der Waals surface area contributed by atoms with E-state index in [2.05, 4.69) is 4.90 Å². The lowest BCUT2D eigenvalue weighted by molar-refractivity contribution is -0.384. The Hall–Kier alpha value is -2.81. The number of morpholine rings is 1. The van der Waals surface area contributed by atoms with Gasteiger partial charge in [-0.25, -0.2) is 4.98 Å². The average molecular weight is 401 g/mol. The van der Waals surface area contributed by atoms with Crippen LogP contribution >= 0.6 is 11.6 Å². The second-order valence-electron chi connectivity index (χ2n) is 6.49. The molecule has 0 unspecified atom stereocenters. The molecule has 2 heterocycles. The van der Waals surface area contributed by atoms with E-state index in [9.17, 15) is 14.9 Å². The highest BCUT2D eigenvalue weighted by Gasteiger charge is 2.18. The number of hydrogen-bond donors (Lipinski definition) is 0. The smallest absolute Gasteiger partial charge is 0.269 e. The van der Waals surface area contributed by atoms with Gasteiger partial charge in [-0.2, -0.15) is 0 Å². The van der Waals surface area contributed by atoms with Crippen molar-refractivity contribution in [2.24, 2.45) is 0 Å². The molecule has 144 valence electrons. The van der Waals surface area contributed by atoms with Crippen LogP contribution in [0.25, 0.3) is 16.6 Å². The third kappa shape index (κ3) is 3.62. The van der Waals surface area contributed by atoms with Gasteiger partial charge < -0.3 is 4.74 Å². The Labute approximate surface area is 165 Å². The fourth-order valence-corrected chi connectivity index (χ4v) is 3.43. The number of ether oxygens (including phenoxy) is 1. The maximum Gasteiger partial charge on any atom is 0.269 e. The van der Waals surface area contributed by atoms with Gasteiger partial charge in [0.1, 0.15) is 5.82 Å². The SMILES string of the molecule is O=c1c2cc(Cl)ccc2nc(CN2CCOCC2)n1-c1ccc([N+](=O)[O-])cc1. The zero-order valence-electron chi connectivity index (χ0n) is 14.9. The molecule has 1 aliphatic heterocycles. The predicted molar refractivity (Wildman–Crippen MR) is 105 cm³/mol. The first-order valence-corrected chi connectivity index (χ1v) is 9.17. The van der Waals surface area contributed by atoms with Crippen LogP contribution in [0.2, 0.25) is 5.02 Å². The predicted octanol–water partition coefficient (Wildman–Crippen LogP) is 2.78. The van der Waals surface area contributed by atoms with Gasteiger partial charge in [-0.15, -0.1) is 0 Å². The molecule has 2 aromatic carbocycles. The highest BCUT2D eigenvalue weighted by molar-refractivity contribution is 6.31. The first-order chi connectivity index (χ1) is 13.5. The standard InChI is InChI=1S/C19H17ClN4O4/c20-13-1-6-17-16(11-13)19(25)23(14-2-4-15(5-3-14)24(26)27)18(21-17)12-22-7-9-28-10-8-22/h1-6,11H,7-10,12H2. The Morgan fingerprint density at radius 3 is 2.54 bits per heavy atom. The summed E-state index contributed by atoms with van der Waals surface area (Å²) in [5, 5.41) is 11.8. The number of benzene rings is 2. The highest BCUT2D eigenvalue weighted by Crippen LogP contribution is 2.20. The summed E-state index contributed by atoms with van der Waals surface area (Å²) in [6.45, 7) is 3.22. The van der Waals surface area contributed by atoms with Crippen molar-refractivity contribution in [1.82, 2.24) is 14.5 Å². The lowest BCUT2D eigenvalue weighted by atomic mass is 10.2. The fraction of sp³-hybridized carbons (Fsp3) is 0.263. The van der Waals surface area contributed by atoms with E-state index < -0.39 is 4.92 Å². The Morgan fingerprint density at radius 1 is 1.14 bits per heavy atom. The van der Waals surface area contributed by atoms with E-state index in [1.165, 1.54) is 16.7 Å². The van der Waals surface area contributed by atoms with Gasteiger partial charge in [-0.1, -0.05) is 11.6 Å². The van der Waals surface area contributed by atoms with E-state index >= 15 is 0 Å². The van der Waals surface area contributed by atoms with Crippen molar-refractivity contribution >= 4 is 28.2 Å². The van der Waals surface area contributed by atoms with Crippen LogP contribution in [0.15, 0.2) is 47.3 Å². The molecule has 0 spiro atoms. The largest absolute Gasteiger partial charge is 0.379 e. The molecular weight excluding hydrogens is 384 g/mol. The van der Waals surface area contributed by atoms with Crippen molar-refractivity contribution in [1.29, 1.82) is 0 Å². The van der Waals surface area contributed by atoms with Crippen LogP contribution in [0.3, 0.4) is 0 Å². The lowest BCUT2D eigenvalue weighted by Crippen LogP contribution is -2.38. The summed E-state index contributed by atoms with van der Waals surface area (Å²) >= 11 is 6.07. The maximum absolute atomic E-state index is 13.2. The van der Waals surface area contributed by atoms with Crippen molar-refractivity contribution in [2.75, 3.05) is 26.3 Å². The van der Waals surface area contributed by atoms with Crippen LogP contribution < -0.4 is 5.56 Å². The molecule has 0 N–H and O–H groups in total. The molecule has 0 bridgehead atoms. The molecule has 0 aliphatic carbocycles. The van der Waals surface area contributed by atoms with E-state index in [0.717, 1.165) is 13.1 Å². The normalized spacial score (nSPS) is 15.0. The van der Waals surface area contributed by atoms with Crippen molar-refractivity contribution in [3.05, 3.63) is 73.8 Å². The minimum Gasteiger partial charge on any atom is -0.379 e. The number of aromatic nitrogens is 2. The van der Waals surface area contributed by atoms with Gasteiger partial charge in [-0.3, -0.25) is 24.4 Å². The van der Waals surface area contributed by atoms with Gasteiger partial charge >= 0.3 is 0 Å². The van der Waals surface area contributed by atoms with Crippen molar-refractivity contribution in [2.45, 2.75) is 6.54 Å². The zero-order valence-corrected chi connectivity index (χ0v) is 15.6. The van der Waals surface area contributed by atoms with Gasteiger partial charge in [-0.05, 0) is 30.3 Å². The third-order valence-corrected chi connectivity index (χ3v) is 4.92. The van der Waals surface area contributed by atoms with Gasteiger partial charge in [0.2, 0.25) is 0 Å². The summed E-state index contributed by atoms with van der Waals surface area (Å²) in [6.07, 6.45) is 0. The summed E-state index contributed by atoms with van der Waals surface area (Å²) in [6, 6.07) is 10.9. The maximum atomic E-state index is 13.2. The third-order valence-electron chi connectivity index (χ3n) is 4.69. The minimum atomic E-state index is -0.473. The number of rotatable bonds is 4. The van der Waals surface area contributed by atoms with Crippen LogP contribution in [-0.4, -0.2) is 45.7 Å². The Bertz CT molecular complexity index is 1090. The molecule has 1 fully saturated rings. The van der Waals surface area contributed by atoms with Crippen molar-refractivity contribution in [3.63, 3.8) is 0 Å². The molecule has 0 amide bonds. The number of nitro benzene ring substituents is 1. The number of nitrogens with zero attached hydrogens (tertiary/aromatic N) is 4. The fourth-order valence-electron chi connectivity index (χ4n) is 3.26. The Morgan fingerprint density at radius 2 is 1.86 bits per heavy atom. The first-order valence-electron chi connectivity index (χ1n) is 8.79. The van der Waals surface area contributed by atoms with Crippen LogP contribution in [-0.2, 0) is 11.3 Å². The second kappa shape index (κ2) is 7.67. The molecule has 28 heavy (non-hydrogen) atoms. The summed E-state index contributed by atoms with van der Waals surface area (Å²) < 4.78 is 6.88. The molecule has 4 rings (SSSR count). The molecule has 1 aliphatic rings. The Balaban J connectivity index is 1.87. The van der Waals surface area contributed by atoms with E-state index in [4.69, 9.17) is 21.3 Å². The summed E-state index contributed by atoms with van der Waals surface area (Å²) in [7, 11) is 0.